The molecule has 1 aliphatic heterocycles. The van der Waals surface area contributed by atoms with E-state index in [1.807, 2.05) is 48.5 Å². The van der Waals surface area contributed by atoms with Crippen molar-refractivity contribution in [2.75, 3.05) is 25.5 Å². The summed E-state index contributed by atoms with van der Waals surface area (Å²) >= 11 is 0. The van der Waals surface area contributed by atoms with Gasteiger partial charge >= 0.3 is 0 Å². The number of nitrogens with zero attached hydrogens (tertiary/aromatic N) is 3. The number of carbonyl (C=O) groups is 1. The zero-order valence-electron chi connectivity index (χ0n) is 22.9. The molecule has 1 aliphatic rings. The van der Waals surface area contributed by atoms with E-state index in [1.165, 1.54) is 25.1 Å². The van der Waals surface area contributed by atoms with Crippen LogP contribution in [-0.2, 0) is 11.3 Å². The number of rotatable bonds is 9. The number of fused-ring (bicyclic) bond motifs is 1. The van der Waals surface area contributed by atoms with Crippen molar-refractivity contribution in [1.29, 1.82) is 0 Å². The molecule has 1 fully saturated rings. The predicted octanol–water partition coefficient (Wildman–Crippen LogP) is 4.14. The second-order valence-corrected chi connectivity index (χ2v) is 9.89. The van der Waals surface area contributed by atoms with E-state index in [9.17, 15) is 9.59 Å². The number of carbonyl (C=O) groups excluding carboxylic acids is 1. The van der Waals surface area contributed by atoms with Crippen molar-refractivity contribution in [2.45, 2.75) is 39.2 Å². The van der Waals surface area contributed by atoms with Gasteiger partial charge in [-0.3, -0.25) is 14.4 Å². The first-order valence-electron chi connectivity index (χ1n) is 13.6. The lowest BCUT2D eigenvalue weighted by molar-refractivity contribution is 0.0536. The topological polar surface area (TPSA) is 119 Å². The molecule has 5 rings (SSSR count). The van der Waals surface area contributed by atoms with Gasteiger partial charge in [0.25, 0.3) is 5.91 Å². The van der Waals surface area contributed by atoms with E-state index in [2.05, 4.69) is 39.9 Å². The lowest BCUT2D eigenvalue weighted by Crippen LogP contribution is -2.35. The Morgan fingerprint density at radius 1 is 1.12 bits per heavy atom. The van der Waals surface area contributed by atoms with E-state index < -0.39 is 11.3 Å². The standard InChI is InChI=1S/C30H34N6O4/c1-4-20-5-9-23(10-6-20)36-18-26(29(38)35-39-3)27(37)25-17-32-30(34-28(25)36)33-22-7-11-24(12-8-22)40-19(2)21-13-15-31-16-14-21/h5-12,17-19,21,31H,4,13-16H2,1-3H3,(H,35,38)(H,32,33,34). The van der Waals surface area contributed by atoms with Crippen LogP contribution in [0.15, 0.2) is 65.7 Å². The highest BCUT2D eigenvalue weighted by atomic mass is 16.6. The summed E-state index contributed by atoms with van der Waals surface area (Å²) in [5.74, 6) is 1.02. The van der Waals surface area contributed by atoms with Crippen LogP contribution in [0.25, 0.3) is 16.7 Å². The zero-order chi connectivity index (χ0) is 28.1. The Balaban J connectivity index is 1.44. The molecule has 2 aromatic carbocycles. The molecule has 3 N–H and O–H groups in total. The van der Waals surface area contributed by atoms with Gasteiger partial charge in [-0.1, -0.05) is 19.1 Å². The number of aromatic nitrogens is 3. The third-order valence-corrected chi connectivity index (χ3v) is 7.29. The Morgan fingerprint density at radius 3 is 2.52 bits per heavy atom. The minimum atomic E-state index is -0.646. The largest absolute Gasteiger partial charge is 0.490 e. The third kappa shape index (κ3) is 5.98. The van der Waals surface area contributed by atoms with Gasteiger partial charge in [-0.25, -0.2) is 10.5 Å². The predicted molar refractivity (Wildman–Crippen MR) is 154 cm³/mol. The van der Waals surface area contributed by atoms with Gasteiger partial charge in [-0.2, -0.15) is 4.98 Å². The lowest BCUT2D eigenvalue weighted by atomic mass is 9.93. The van der Waals surface area contributed by atoms with Gasteiger partial charge in [-0.15, -0.1) is 0 Å². The van der Waals surface area contributed by atoms with Gasteiger partial charge in [0.2, 0.25) is 11.4 Å². The molecule has 2 aromatic heterocycles. The Kier molecular flexibility index (Phi) is 8.37. The average Bonchev–Trinajstić information content (AvgIpc) is 2.99. The number of hydrogen-bond donors (Lipinski definition) is 3. The van der Waals surface area contributed by atoms with Crippen LogP contribution in [0.4, 0.5) is 11.6 Å². The van der Waals surface area contributed by atoms with Crippen LogP contribution in [0.2, 0.25) is 0 Å². The highest BCUT2D eigenvalue weighted by Gasteiger charge is 2.21. The summed E-state index contributed by atoms with van der Waals surface area (Å²) in [5, 5.41) is 6.82. The summed E-state index contributed by atoms with van der Waals surface area (Å²) in [4.78, 5) is 39.5. The van der Waals surface area contributed by atoms with Crippen molar-refractivity contribution in [3.8, 4) is 11.4 Å². The molecule has 1 saturated heterocycles. The lowest BCUT2D eigenvalue weighted by Gasteiger charge is -2.28. The maximum atomic E-state index is 13.2. The molecule has 0 radical (unpaired) electrons. The van der Waals surface area contributed by atoms with E-state index >= 15 is 0 Å². The molecule has 1 atom stereocenters. The molecule has 208 valence electrons. The van der Waals surface area contributed by atoms with Crippen molar-refractivity contribution in [1.82, 2.24) is 25.3 Å². The summed E-state index contributed by atoms with van der Waals surface area (Å²) < 4.78 is 7.91. The van der Waals surface area contributed by atoms with E-state index in [4.69, 9.17) is 9.57 Å². The Hall–Kier alpha value is -4.28. The second kappa shape index (κ2) is 12.3. The molecule has 40 heavy (non-hydrogen) atoms. The van der Waals surface area contributed by atoms with Crippen LogP contribution < -0.4 is 26.3 Å². The number of piperidine rings is 1. The smallest absolute Gasteiger partial charge is 0.280 e. The quantitative estimate of drug-likeness (QED) is 0.270. The van der Waals surface area contributed by atoms with E-state index in [0.29, 0.717) is 17.5 Å². The molecule has 0 spiro atoms. The first kappa shape index (κ1) is 27.3. The summed E-state index contributed by atoms with van der Waals surface area (Å²) in [5.41, 5.74) is 4.73. The highest BCUT2D eigenvalue weighted by Crippen LogP contribution is 2.25. The van der Waals surface area contributed by atoms with Gasteiger partial charge < -0.3 is 19.9 Å². The molecule has 3 heterocycles. The normalized spacial score (nSPS) is 14.6. The summed E-state index contributed by atoms with van der Waals surface area (Å²) in [6.07, 6.45) is 6.18. The second-order valence-electron chi connectivity index (χ2n) is 9.89. The van der Waals surface area contributed by atoms with Gasteiger partial charge in [0, 0.05) is 23.8 Å². The number of hydrogen-bond acceptors (Lipinski definition) is 8. The van der Waals surface area contributed by atoms with Gasteiger partial charge in [0.05, 0.1) is 18.6 Å². The Morgan fingerprint density at radius 2 is 1.85 bits per heavy atom. The molecule has 0 saturated carbocycles. The van der Waals surface area contributed by atoms with Gasteiger partial charge in [0.15, 0.2) is 5.65 Å². The van der Waals surface area contributed by atoms with Crippen molar-refractivity contribution in [3.05, 3.63) is 82.3 Å². The zero-order valence-corrected chi connectivity index (χ0v) is 22.9. The number of nitrogens with one attached hydrogen (secondary N) is 3. The molecule has 10 nitrogen and oxygen atoms in total. The minimum absolute atomic E-state index is 0.0764. The Labute approximate surface area is 232 Å². The molecule has 0 aliphatic carbocycles. The fraction of sp³-hybridized carbons (Fsp3) is 0.333. The fourth-order valence-electron chi connectivity index (χ4n) is 4.94. The molecule has 1 unspecified atom stereocenters. The van der Waals surface area contributed by atoms with E-state index in [1.54, 1.807) is 4.57 Å². The SMILES string of the molecule is CCc1ccc(-n2cc(C(=O)NOC)c(=O)c3cnc(Nc4ccc(OC(C)C5CCNCC5)cc4)nc32)cc1. The third-order valence-electron chi connectivity index (χ3n) is 7.29. The molecular formula is C30H34N6O4. The van der Waals surface area contributed by atoms with Crippen LogP contribution in [0.3, 0.4) is 0 Å². The van der Waals surface area contributed by atoms with Crippen LogP contribution in [0.1, 0.15) is 42.6 Å². The van der Waals surface area contributed by atoms with Crippen LogP contribution in [0, 0.1) is 5.92 Å². The highest BCUT2D eigenvalue weighted by molar-refractivity contribution is 5.96. The Bertz CT molecular complexity index is 1530. The number of amides is 1. The molecule has 4 aromatic rings. The monoisotopic (exact) mass is 542 g/mol. The first-order valence-corrected chi connectivity index (χ1v) is 13.6. The maximum Gasteiger partial charge on any atom is 0.280 e. The van der Waals surface area contributed by atoms with Crippen LogP contribution >= 0.6 is 0 Å². The number of aryl methyl sites for hydroxylation is 1. The summed E-state index contributed by atoms with van der Waals surface area (Å²) in [6.45, 7) is 6.28. The minimum Gasteiger partial charge on any atom is -0.490 e. The number of hydroxylamine groups is 1. The van der Waals surface area contributed by atoms with E-state index in [-0.39, 0.29) is 17.1 Å². The molecule has 0 bridgehead atoms. The van der Waals surface area contributed by atoms with Gasteiger partial charge in [0.1, 0.15) is 11.3 Å². The van der Waals surface area contributed by atoms with Crippen LogP contribution in [-0.4, -0.2) is 46.7 Å². The molecule has 10 heteroatoms. The molecular weight excluding hydrogens is 508 g/mol. The summed E-state index contributed by atoms with van der Waals surface area (Å²) in [6, 6.07) is 15.5. The van der Waals surface area contributed by atoms with E-state index in [0.717, 1.165) is 49.5 Å². The number of pyridine rings is 1. The fourth-order valence-corrected chi connectivity index (χ4v) is 4.94. The van der Waals surface area contributed by atoms with Crippen molar-refractivity contribution >= 4 is 28.6 Å². The van der Waals surface area contributed by atoms with Crippen LogP contribution in [0.5, 0.6) is 5.75 Å². The maximum absolute atomic E-state index is 13.2. The molecule has 1 amide bonds. The van der Waals surface area contributed by atoms with Gasteiger partial charge in [-0.05, 0) is 87.2 Å². The van der Waals surface area contributed by atoms with Crippen molar-refractivity contribution < 1.29 is 14.4 Å². The van der Waals surface area contributed by atoms with Crippen molar-refractivity contribution in [2.24, 2.45) is 5.92 Å². The number of ether oxygens (including phenoxy) is 1. The average molecular weight is 543 g/mol. The summed E-state index contributed by atoms with van der Waals surface area (Å²) in [7, 11) is 1.32. The van der Waals surface area contributed by atoms with Crippen molar-refractivity contribution in [3.63, 3.8) is 0 Å². The number of benzene rings is 2. The number of anilines is 2. The first-order chi connectivity index (χ1) is 19.5.